The van der Waals surface area contributed by atoms with Crippen LogP contribution in [0, 0.1) is 0 Å². The maximum absolute atomic E-state index is 12.6. The van der Waals surface area contributed by atoms with Crippen LogP contribution in [0.4, 0.5) is 5.69 Å². The number of hydrogen-bond donors (Lipinski definition) is 0. The molecule has 4 heteroatoms. The van der Waals surface area contributed by atoms with Gasteiger partial charge >= 0.3 is 0 Å². The van der Waals surface area contributed by atoms with Crippen LogP contribution in [0.25, 0.3) is 0 Å². The lowest BCUT2D eigenvalue weighted by Crippen LogP contribution is -2.37. The molecule has 0 aromatic heterocycles. The molecule has 0 radical (unpaired) electrons. The molecule has 0 aliphatic carbocycles. The number of fused-ring (bicyclic) bond motifs is 1. The van der Waals surface area contributed by atoms with Crippen LogP contribution in [0.15, 0.2) is 54.6 Å². The van der Waals surface area contributed by atoms with E-state index in [-0.39, 0.29) is 18.2 Å². The molecule has 0 saturated carbocycles. The molecule has 2 aromatic rings. The maximum Gasteiger partial charge on any atom is 0.236 e. The van der Waals surface area contributed by atoms with Crippen molar-refractivity contribution >= 4 is 17.5 Å². The molecule has 1 aliphatic heterocycles. The Balaban J connectivity index is 1.64. The van der Waals surface area contributed by atoms with Crippen molar-refractivity contribution in [3.05, 3.63) is 65.7 Å². The molecule has 2 amide bonds. The molecule has 0 atom stereocenters. The maximum atomic E-state index is 12.6. The van der Waals surface area contributed by atoms with Crippen molar-refractivity contribution in [2.24, 2.45) is 0 Å². The highest BCUT2D eigenvalue weighted by Crippen LogP contribution is 2.28. The topological polar surface area (TPSA) is 40.6 Å². The van der Waals surface area contributed by atoms with E-state index in [2.05, 4.69) is 0 Å². The van der Waals surface area contributed by atoms with Gasteiger partial charge in [-0.05, 0) is 30.5 Å². The first-order valence-corrected chi connectivity index (χ1v) is 8.39. The van der Waals surface area contributed by atoms with Crippen molar-refractivity contribution in [3.8, 4) is 0 Å². The van der Waals surface area contributed by atoms with Crippen LogP contribution in [0.5, 0.6) is 0 Å². The molecule has 124 valence electrons. The quantitative estimate of drug-likeness (QED) is 0.794. The van der Waals surface area contributed by atoms with E-state index < -0.39 is 0 Å². The summed E-state index contributed by atoms with van der Waals surface area (Å²) < 4.78 is 0. The summed E-state index contributed by atoms with van der Waals surface area (Å²) in [6.07, 6.45) is 0.784. The number of para-hydroxylation sites is 1. The summed E-state index contributed by atoms with van der Waals surface area (Å²) in [7, 11) is 0. The molecule has 0 fully saturated rings. The van der Waals surface area contributed by atoms with E-state index in [1.165, 1.54) is 5.56 Å². The van der Waals surface area contributed by atoms with Gasteiger partial charge in [0.2, 0.25) is 11.8 Å². The average Bonchev–Trinajstić information content (AvgIpc) is 3.04. The number of amides is 2. The number of anilines is 1. The molecule has 2 aromatic carbocycles. The van der Waals surface area contributed by atoms with Crippen LogP contribution in [-0.4, -0.2) is 29.8 Å². The molecular formula is C20H22N2O2. The first-order valence-electron chi connectivity index (χ1n) is 8.39. The van der Waals surface area contributed by atoms with Crippen molar-refractivity contribution in [1.29, 1.82) is 0 Å². The number of hydrogen-bond acceptors (Lipinski definition) is 2. The van der Waals surface area contributed by atoms with Gasteiger partial charge < -0.3 is 9.80 Å². The molecular weight excluding hydrogens is 300 g/mol. The zero-order valence-corrected chi connectivity index (χ0v) is 13.9. The molecule has 0 spiro atoms. The van der Waals surface area contributed by atoms with Gasteiger partial charge in [0.05, 0.1) is 0 Å². The SMILES string of the molecule is CCN(Cc1ccccc1)C(=O)CC(=O)N1CCc2ccccc21. The zero-order valence-electron chi connectivity index (χ0n) is 13.9. The Kier molecular flexibility index (Phi) is 4.94. The van der Waals surface area contributed by atoms with E-state index in [0.717, 1.165) is 17.7 Å². The Hall–Kier alpha value is -2.62. The zero-order chi connectivity index (χ0) is 16.9. The monoisotopic (exact) mass is 322 g/mol. The molecule has 0 bridgehead atoms. The predicted molar refractivity (Wildman–Crippen MR) is 94.6 cm³/mol. The van der Waals surface area contributed by atoms with E-state index in [4.69, 9.17) is 0 Å². The molecule has 1 heterocycles. The minimum atomic E-state index is -0.115. The summed E-state index contributed by atoms with van der Waals surface area (Å²) in [4.78, 5) is 28.6. The first kappa shape index (κ1) is 16.2. The minimum Gasteiger partial charge on any atom is -0.338 e. The van der Waals surface area contributed by atoms with E-state index in [1.54, 1.807) is 9.80 Å². The third-order valence-corrected chi connectivity index (χ3v) is 4.44. The van der Waals surface area contributed by atoms with Gasteiger partial charge in [-0.1, -0.05) is 48.5 Å². The fourth-order valence-electron chi connectivity index (χ4n) is 3.11. The summed E-state index contributed by atoms with van der Waals surface area (Å²) >= 11 is 0. The van der Waals surface area contributed by atoms with Gasteiger partial charge in [-0.3, -0.25) is 9.59 Å². The van der Waals surface area contributed by atoms with Gasteiger partial charge in [-0.2, -0.15) is 0 Å². The summed E-state index contributed by atoms with van der Waals surface area (Å²) in [5.41, 5.74) is 3.20. The summed E-state index contributed by atoms with van der Waals surface area (Å²) in [6.45, 7) is 3.74. The lowest BCUT2D eigenvalue weighted by molar-refractivity contribution is -0.135. The van der Waals surface area contributed by atoms with Gasteiger partial charge in [-0.25, -0.2) is 0 Å². The van der Waals surface area contributed by atoms with Crippen LogP contribution in [0.1, 0.15) is 24.5 Å². The van der Waals surface area contributed by atoms with Crippen molar-refractivity contribution in [2.75, 3.05) is 18.0 Å². The van der Waals surface area contributed by atoms with Crippen LogP contribution < -0.4 is 4.90 Å². The second-order valence-electron chi connectivity index (χ2n) is 5.99. The third-order valence-electron chi connectivity index (χ3n) is 4.44. The van der Waals surface area contributed by atoms with Crippen LogP contribution >= 0.6 is 0 Å². The molecule has 0 N–H and O–H groups in total. The molecule has 0 saturated heterocycles. The Labute approximate surface area is 142 Å². The second-order valence-corrected chi connectivity index (χ2v) is 5.99. The van der Waals surface area contributed by atoms with Crippen LogP contribution in [0.3, 0.4) is 0 Å². The van der Waals surface area contributed by atoms with Crippen molar-refractivity contribution in [2.45, 2.75) is 26.3 Å². The fraction of sp³-hybridized carbons (Fsp3) is 0.300. The van der Waals surface area contributed by atoms with Crippen LogP contribution in [0.2, 0.25) is 0 Å². The largest absolute Gasteiger partial charge is 0.338 e. The summed E-state index contributed by atoms with van der Waals surface area (Å²) in [5.74, 6) is -0.229. The van der Waals surface area contributed by atoms with Crippen molar-refractivity contribution in [3.63, 3.8) is 0 Å². The van der Waals surface area contributed by atoms with E-state index in [9.17, 15) is 9.59 Å². The number of nitrogens with zero attached hydrogens (tertiary/aromatic N) is 2. The highest BCUT2D eigenvalue weighted by Gasteiger charge is 2.26. The van der Waals surface area contributed by atoms with Gasteiger partial charge in [-0.15, -0.1) is 0 Å². The number of benzene rings is 2. The number of rotatable bonds is 5. The molecule has 0 unspecified atom stereocenters. The number of carbonyl (C=O) groups excluding carboxylic acids is 2. The third kappa shape index (κ3) is 3.48. The summed E-state index contributed by atoms with van der Waals surface area (Å²) in [5, 5.41) is 0. The Morgan fingerprint density at radius 3 is 2.50 bits per heavy atom. The summed E-state index contributed by atoms with van der Waals surface area (Å²) in [6, 6.07) is 17.8. The predicted octanol–water partition coefficient (Wildman–Crippen LogP) is 3.01. The Morgan fingerprint density at radius 1 is 1.04 bits per heavy atom. The standard InChI is InChI=1S/C20H22N2O2/c1-2-21(15-16-8-4-3-5-9-16)19(23)14-20(24)22-13-12-17-10-6-7-11-18(17)22/h3-11H,2,12-15H2,1H3. The molecule has 3 rings (SSSR count). The lowest BCUT2D eigenvalue weighted by Gasteiger charge is -2.23. The van der Waals surface area contributed by atoms with E-state index in [0.29, 0.717) is 19.6 Å². The first-order chi connectivity index (χ1) is 11.7. The highest BCUT2D eigenvalue weighted by atomic mass is 16.2. The highest BCUT2D eigenvalue weighted by molar-refractivity contribution is 6.05. The smallest absolute Gasteiger partial charge is 0.236 e. The lowest BCUT2D eigenvalue weighted by atomic mass is 10.2. The normalized spacial score (nSPS) is 12.8. The van der Waals surface area contributed by atoms with Crippen molar-refractivity contribution in [1.82, 2.24) is 4.90 Å². The van der Waals surface area contributed by atoms with Gasteiger partial charge in [0.1, 0.15) is 6.42 Å². The van der Waals surface area contributed by atoms with E-state index in [1.807, 2.05) is 61.5 Å². The second kappa shape index (κ2) is 7.30. The minimum absolute atomic E-state index is 0.0744. The Bertz CT molecular complexity index is 727. The average molecular weight is 322 g/mol. The van der Waals surface area contributed by atoms with Crippen molar-refractivity contribution < 1.29 is 9.59 Å². The van der Waals surface area contributed by atoms with E-state index >= 15 is 0 Å². The number of carbonyl (C=O) groups is 2. The Morgan fingerprint density at radius 2 is 1.75 bits per heavy atom. The molecule has 4 nitrogen and oxygen atoms in total. The van der Waals surface area contributed by atoms with Gasteiger partial charge in [0.25, 0.3) is 0 Å². The fourth-order valence-corrected chi connectivity index (χ4v) is 3.11. The molecule has 1 aliphatic rings. The van der Waals surface area contributed by atoms with Gasteiger partial charge in [0.15, 0.2) is 0 Å². The van der Waals surface area contributed by atoms with Gasteiger partial charge in [0, 0.05) is 25.3 Å². The molecule has 24 heavy (non-hydrogen) atoms. The van der Waals surface area contributed by atoms with Crippen LogP contribution in [-0.2, 0) is 22.6 Å².